The summed E-state index contributed by atoms with van der Waals surface area (Å²) in [6, 6.07) is 7.46. The maximum absolute atomic E-state index is 12.5. The summed E-state index contributed by atoms with van der Waals surface area (Å²) in [4.78, 5) is 29.0. The van der Waals surface area contributed by atoms with Crippen LogP contribution in [0.2, 0.25) is 5.02 Å². The van der Waals surface area contributed by atoms with Crippen LogP contribution in [0.25, 0.3) is 0 Å². The molecule has 1 aliphatic heterocycles. The highest BCUT2D eigenvalue weighted by Gasteiger charge is 2.49. The average Bonchev–Trinajstić information content (AvgIpc) is 3.41. The Bertz CT molecular complexity index is 614. The highest BCUT2D eigenvalue weighted by Crippen LogP contribution is 2.40. The van der Waals surface area contributed by atoms with E-state index in [-0.39, 0.29) is 23.7 Å². The molecule has 6 heteroatoms. The van der Waals surface area contributed by atoms with E-state index in [0.717, 1.165) is 38.3 Å². The van der Waals surface area contributed by atoms with Gasteiger partial charge >= 0.3 is 0 Å². The Labute approximate surface area is 147 Å². The van der Waals surface area contributed by atoms with Crippen LogP contribution < -0.4 is 5.32 Å². The van der Waals surface area contributed by atoms with Gasteiger partial charge in [0.15, 0.2) is 0 Å². The van der Waals surface area contributed by atoms with Crippen molar-refractivity contribution >= 4 is 23.4 Å². The van der Waals surface area contributed by atoms with Crippen molar-refractivity contribution in [3.05, 3.63) is 34.9 Å². The zero-order valence-corrected chi connectivity index (χ0v) is 14.8. The largest absolute Gasteiger partial charge is 0.352 e. The molecule has 1 saturated carbocycles. The molecule has 1 aliphatic carbocycles. The van der Waals surface area contributed by atoms with Crippen LogP contribution in [-0.2, 0) is 16.1 Å². The summed E-state index contributed by atoms with van der Waals surface area (Å²) in [6.07, 6.45) is 0.668. The molecule has 2 fully saturated rings. The van der Waals surface area contributed by atoms with E-state index in [1.807, 2.05) is 29.2 Å². The molecule has 24 heavy (non-hydrogen) atoms. The molecule has 2 atom stereocenters. The first kappa shape index (κ1) is 17.2. The van der Waals surface area contributed by atoms with E-state index >= 15 is 0 Å². The fraction of sp³-hybridized carbons (Fsp3) is 0.556. The van der Waals surface area contributed by atoms with Gasteiger partial charge in [0.25, 0.3) is 0 Å². The quantitative estimate of drug-likeness (QED) is 0.881. The van der Waals surface area contributed by atoms with Crippen molar-refractivity contribution in [3.8, 4) is 0 Å². The number of rotatable bonds is 5. The van der Waals surface area contributed by atoms with E-state index in [0.29, 0.717) is 18.0 Å². The average molecular weight is 350 g/mol. The van der Waals surface area contributed by atoms with E-state index in [1.54, 1.807) is 0 Å². The molecule has 1 aromatic rings. The van der Waals surface area contributed by atoms with Crippen LogP contribution in [0.4, 0.5) is 0 Å². The molecule has 130 valence electrons. The monoisotopic (exact) mass is 349 g/mol. The molecule has 1 heterocycles. The van der Waals surface area contributed by atoms with Crippen molar-refractivity contribution in [1.82, 2.24) is 15.1 Å². The second-order valence-electron chi connectivity index (χ2n) is 6.52. The Balaban J connectivity index is 1.45. The van der Waals surface area contributed by atoms with Gasteiger partial charge in [-0.1, -0.05) is 36.7 Å². The smallest absolute Gasteiger partial charge is 0.226 e. The van der Waals surface area contributed by atoms with Crippen LogP contribution in [0, 0.1) is 11.8 Å². The third-order valence-corrected chi connectivity index (χ3v) is 5.36. The van der Waals surface area contributed by atoms with Crippen molar-refractivity contribution in [2.24, 2.45) is 11.8 Å². The van der Waals surface area contributed by atoms with Gasteiger partial charge in [-0.05, 0) is 24.6 Å². The van der Waals surface area contributed by atoms with Crippen molar-refractivity contribution < 1.29 is 9.59 Å². The summed E-state index contributed by atoms with van der Waals surface area (Å²) in [5.74, 6) is -0.210. The summed E-state index contributed by atoms with van der Waals surface area (Å²) < 4.78 is 0. The predicted octanol–water partition coefficient (Wildman–Crippen LogP) is 1.76. The van der Waals surface area contributed by atoms with Gasteiger partial charge in [-0.25, -0.2) is 0 Å². The van der Waals surface area contributed by atoms with Gasteiger partial charge in [0, 0.05) is 37.7 Å². The van der Waals surface area contributed by atoms with Crippen molar-refractivity contribution in [1.29, 1.82) is 0 Å². The molecular weight excluding hydrogens is 326 g/mol. The van der Waals surface area contributed by atoms with Crippen LogP contribution in [0.5, 0.6) is 0 Å². The first-order valence-corrected chi connectivity index (χ1v) is 9.00. The van der Waals surface area contributed by atoms with Crippen molar-refractivity contribution in [3.63, 3.8) is 0 Å². The van der Waals surface area contributed by atoms with Crippen LogP contribution >= 0.6 is 11.6 Å². The zero-order chi connectivity index (χ0) is 17.1. The first-order chi connectivity index (χ1) is 11.6. The van der Waals surface area contributed by atoms with E-state index in [4.69, 9.17) is 11.6 Å². The number of nitrogens with one attached hydrogen (secondary N) is 1. The maximum Gasteiger partial charge on any atom is 0.226 e. The second-order valence-corrected chi connectivity index (χ2v) is 6.92. The molecule has 5 nitrogen and oxygen atoms in total. The SMILES string of the molecule is CCN1CCN(C(=O)C2CC2C(=O)NCc2ccccc2Cl)CC1. The molecule has 0 radical (unpaired) electrons. The number of piperazine rings is 1. The van der Waals surface area contributed by atoms with E-state index in [1.165, 1.54) is 0 Å². The molecule has 2 unspecified atom stereocenters. The van der Waals surface area contributed by atoms with Gasteiger partial charge in [0.1, 0.15) is 0 Å². The lowest BCUT2D eigenvalue weighted by Crippen LogP contribution is -2.49. The minimum absolute atomic E-state index is 0.0412. The Morgan fingerprint density at radius 1 is 1.17 bits per heavy atom. The van der Waals surface area contributed by atoms with Gasteiger partial charge in [-0.3, -0.25) is 9.59 Å². The summed E-state index contributed by atoms with van der Waals surface area (Å²) in [5, 5.41) is 3.55. The topological polar surface area (TPSA) is 52.7 Å². The number of likely N-dealkylation sites (N-methyl/N-ethyl adjacent to an activating group) is 1. The third-order valence-electron chi connectivity index (χ3n) is 4.99. The van der Waals surface area contributed by atoms with Gasteiger partial charge in [0.2, 0.25) is 11.8 Å². The maximum atomic E-state index is 12.5. The molecule has 0 bridgehead atoms. The number of carbonyl (C=O) groups excluding carboxylic acids is 2. The Morgan fingerprint density at radius 3 is 2.54 bits per heavy atom. The fourth-order valence-corrected chi connectivity index (χ4v) is 3.43. The Kier molecular flexibility index (Phi) is 5.41. The lowest BCUT2D eigenvalue weighted by atomic mass is 10.2. The van der Waals surface area contributed by atoms with E-state index in [2.05, 4.69) is 17.1 Å². The molecule has 0 aromatic heterocycles. The van der Waals surface area contributed by atoms with Crippen molar-refractivity contribution in [2.45, 2.75) is 19.9 Å². The van der Waals surface area contributed by atoms with Crippen LogP contribution in [0.1, 0.15) is 18.9 Å². The lowest BCUT2D eigenvalue weighted by molar-refractivity contribution is -0.136. The molecule has 0 spiro atoms. The predicted molar refractivity (Wildman–Crippen MR) is 93.6 cm³/mol. The zero-order valence-electron chi connectivity index (χ0n) is 14.0. The number of carbonyl (C=O) groups is 2. The molecule has 2 aliphatic rings. The molecular formula is C18H24ClN3O2. The summed E-state index contributed by atoms with van der Waals surface area (Å²) in [6.45, 7) is 6.98. The van der Waals surface area contributed by atoms with Gasteiger partial charge in [0.05, 0.1) is 11.8 Å². The van der Waals surface area contributed by atoms with E-state index in [9.17, 15) is 9.59 Å². The Hall–Kier alpha value is -1.59. The Morgan fingerprint density at radius 2 is 1.88 bits per heavy atom. The molecule has 1 aromatic carbocycles. The normalized spacial score (nSPS) is 23.8. The van der Waals surface area contributed by atoms with Gasteiger partial charge < -0.3 is 15.1 Å². The minimum atomic E-state index is -0.177. The van der Waals surface area contributed by atoms with E-state index < -0.39 is 0 Å². The first-order valence-electron chi connectivity index (χ1n) is 8.62. The number of halogens is 1. The van der Waals surface area contributed by atoms with Gasteiger partial charge in [-0.15, -0.1) is 0 Å². The molecule has 3 rings (SSSR count). The van der Waals surface area contributed by atoms with Crippen LogP contribution in [-0.4, -0.2) is 54.3 Å². The summed E-state index contributed by atoms with van der Waals surface area (Å²) >= 11 is 6.09. The lowest BCUT2D eigenvalue weighted by Gasteiger charge is -2.34. The fourth-order valence-electron chi connectivity index (χ4n) is 3.23. The third kappa shape index (κ3) is 3.90. The van der Waals surface area contributed by atoms with Crippen LogP contribution in [0.3, 0.4) is 0 Å². The van der Waals surface area contributed by atoms with Gasteiger partial charge in [-0.2, -0.15) is 0 Å². The molecule has 1 N–H and O–H groups in total. The highest BCUT2D eigenvalue weighted by atomic mass is 35.5. The minimum Gasteiger partial charge on any atom is -0.352 e. The summed E-state index contributed by atoms with van der Waals surface area (Å²) in [5.41, 5.74) is 0.895. The number of benzene rings is 1. The number of nitrogens with zero attached hydrogens (tertiary/aromatic N) is 2. The summed E-state index contributed by atoms with van der Waals surface area (Å²) in [7, 11) is 0. The second kappa shape index (κ2) is 7.53. The molecule has 2 amide bonds. The number of amides is 2. The van der Waals surface area contributed by atoms with Crippen molar-refractivity contribution in [2.75, 3.05) is 32.7 Å². The van der Waals surface area contributed by atoms with Crippen LogP contribution in [0.15, 0.2) is 24.3 Å². The highest BCUT2D eigenvalue weighted by molar-refractivity contribution is 6.31. The number of hydrogen-bond donors (Lipinski definition) is 1. The standard InChI is InChI=1S/C18H24ClN3O2/c1-2-21-7-9-22(10-8-21)18(24)15-11-14(15)17(23)20-12-13-5-3-4-6-16(13)19/h3-6,14-15H,2,7-12H2,1H3,(H,20,23). The molecule has 1 saturated heterocycles. The number of hydrogen-bond acceptors (Lipinski definition) is 3.